The van der Waals surface area contributed by atoms with Crippen molar-refractivity contribution in [3.05, 3.63) is 5.82 Å². The predicted octanol–water partition coefficient (Wildman–Crippen LogP) is -0.801. The molecule has 1 amide bonds. The van der Waals surface area contributed by atoms with Crippen molar-refractivity contribution in [3.63, 3.8) is 0 Å². The van der Waals surface area contributed by atoms with Gasteiger partial charge in [-0.3, -0.25) is 4.79 Å². The van der Waals surface area contributed by atoms with Crippen LogP contribution in [0.1, 0.15) is 36.3 Å². The quantitative estimate of drug-likeness (QED) is 0.592. The summed E-state index contributed by atoms with van der Waals surface area (Å²) in [4.78, 5) is 11.5. The fraction of sp³-hybridized carbons (Fsp3) is 0.750. The first-order chi connectivity index (χ1) is 7.25. The molecule has 1 heterocycles. The third kappa shape index (κ3) is 2.50. The van der Waals surface area contributed by atoms with Gasteiger partial charge in [-0.25, -0.2) is 0 Å². The Morgan fingerprint density at radius 3 is 2.73 bits per heavy atom. The Kier molecular flexibility index (Phi) is 2.91. The van der Waals surface area contributed by atoms with Gasteiger partial charge >= 0.3 is 0 Å². The van der Waals surface area contributed by atoms with E-state index in [2.05, 4.69) is 25.9 Å². The van der Waals surface area contributed by atoms with E-state index in [1.807, 2.05) is 0 Å². The summed E-state index contributed by atoms with van der Waals surface area (Å²) in [6.45, 7) is 0. The number of hydrogen-bond donors (Lipinski definition) is 3. The number of tetrazole rings is 1. The first kappa shape index (κ1) is 10.0. The Morgan fingerprint density at radius 2 is 2.13 bits per heavy atom. The van der Waals surface area contributed by atoms with E-state index in [0.29, 0.717) is 0 Å². The second kappa shape index (κ2) is 4.35. The van der Waals surface area contributed by atoms with Gasteiger partial charge in [0, 0.05) is 12.1 Å². The molecule has 0 saturated heterocycles. The van der Waals surface area contributed by atoms with Gasteiger partial charge in [-0.2, -0.15) is 5.21 Å². The summed E-state index contributed by atoms with van der Waals surface area (Å²) in [6.07, 6.45) is 3.75. The highest BCUT2D eigenvalue weighted by Crippen LogP contribution is 2.16. The molecule has 1 aromatic heterocycles. The Bertz CT molecular complexity index is 316. The molecule has 1 saturated carbocycles. The Morgan fingerprint density at radius 1 is 1.40 bits per heavy atom. The number of aromatic amines is 1. The van der Waals surface area contributed by atoms with Gasteiger partial charge in [-0.1, -0.05) is 0 Å². The number of nitrogens with two attached hydrogens (primary N) is 1. The molecule has 0 atom stereocenters. The maximum atomic E-state index is 11.5. The molecule has 0 aliphatic heterocycles. The number of carbonyl (C=O) groups excluding carboxylic acids is 1. The second-order valence-corrected chi connectivity index (χ2v) is 3.82. The minimum absolute atomic E-state index is 0.0878. The lowest BCUT2D eigenvalue weighted by Gasteiger charge is -2.26. The lowest BCUT2D eigenvalue weighted by atomic mass is 9.92. The number of carbonyl (C=O) groups is 1. The van der Waals surface area contributed by atoms with Gasteiger partial charge in [-0.15, -0.1) is 10.2 Å². The Labute approximate surface area is 86.8 Å². The van der Waals surface area contributed by atoms with E-state index in [1.165, 1.54) is 0 Å². The molecule has 0 aromatic carbocycles. The van der Waals surface area contributed by atoms with Gasteiger partial charge in [0.2, 0.25) is 0 Å². The lowest BCUT2D eigenvalue weighted by molar-refractivity contribution is 0.0915. The fourth-order valence-corrected chi connectivity index (χ4v) is 1.77. The van der Waals surface area contributed by atoms with E-state index >= 15 is 0 Å². The van der Waals surface area contributed by atoms with Crippen molar-refractivity contribution in [1.82, 2.24) is 25.9 Å². The molecule has 1 aromatic rings. The summed E-state index contributed by atoms with van der Waals surface area (Å²) in [7, 11) is 0. The van der Waals surface area contributed by atoms with Crippen molar-refractivity contribution in [3.8, 4) is 0 Å². The molecule has 7 nitrogen and oxygen atoms in total. The van der Waals surface area contributed by atoms with E-state index < -0.39 is 0 Å². The van der Waals surface area contributed by atoms with Crippen molar-refractivity contribution in [2.45, 2.75) is 37.8 Å². The van der Waals surface area contributed by atoms with Crippen LogP contribution in [0.4, 0.5) is 0 Å². The Balaban J connectivity index is 1.85. The number of amides is 1. The van der Waals surface area contributed by atoms with Crippen LogP contribution in [0, 0.1) is 0 Å². The van der Waals surface area contributed by atoms with E-state index in [9.17, 15) is 4.79 Å². The molecular weight excluding hydrogens is 196 g/mol. The second-order valence-electron chi connectivity index (χ2n) is 3.82. The van der Waals surface area contributed by atoms with Crippen LogP contribution in [0.3, 0.4) is 0 Å². The van der Waals surface area contributed by atoms with Gasteiger partial charge in [0.05, 0.1) is 0 Å². The van der Waals surface area contributed by atoms with Crippen LogP contribution in [0.25, 0.3) is 0 Å². The molecule has 1 fully saturated rings. The van der Waals surface area contributed by atoms with E-state index in [-0.39, 0.29) is 23.8 Å². The van der Waals surface area contributed by atoms with Gasteiger partial charge in [0.1, 0.15) is 0 Å². The molecule has 0 radical (unpaired) electrons. The van der Waals surface area contributed by atoms with Crippen LogP contribution >= 0.6 is 0 Å². The topological polar surface area (TPSA) is 110 Å². The number of nitrogens with zero attached hydrogens (tertiary/aromatic N) is 3. The monoisotopic (exact) mass is 210 g/mol. The normalized spacial score (nSPS) is 26.2. The van der Waals surface area contributed by atoms with E-state index in [1.54, 1.807) is 0 Å². The zero-order chi connectivity index (χ0) is 10.7. The summed E-state index contributed by atoms with van der Waals surface area (Å²) in [6, 6.07) is 0.471. The summed E-state index contributed by atoms with van der Waals surface area (Å²) in [5, 5.41) is 15.7. The first-order valence-electron chi connectivity index (χ1n) is 5.05. The Hall–Kier alpha value is -1.50. The molecule has 82 valence electrons. The minimum atomic E-state index is -0.274. The van der Waals surface area contributed by atoms with Gasteiger partial charge < -0.3 is 11.1 Å². The predicted molar refractivity (Wildman–Crippen MR) is 51.9 cm³/mol. The molecule has 4 N–H and O–H groups in total. The highest BCUT2D eigenvalue weighted by atomic mass is 16.2. The average molecular weight is 210 g/mol. The van der Waals surface area contributed by atoms with Crippen LogP contribution < -0.4 is 11.1 Å². The molecule has 0 unspecified atom stereocenters. The van der Waals surface area contributed by atoms with Crippen LogP contribution in [-0.2, 0) is 0 Å². The summed E-state index contributed by atoms with van der Waals surface area (Å²) in [5.74, 6) is -0.186. The molecule has 2 rings (SSSR count). The zero-order valence-electron chi connectivity index (χ0n) is 8.31. The van der Waals surface area contributed by atoms with Crippen molar-refractivity contribution >= 4 is 5.91 Å². The van der Waals surface area contributed by atoms with E-state index in [0.717, 1.165) is 25.7 Å². The van der Waals surface area contributed by atoms with Crippen LogP contribution in [0.5, 0.6) is 0 Å². The third-order valence-electron chi connectivity index (χ3n) is 2.66. The SMILES string of the molecule is NC1CCC(NC(=O)c2nn[nH]n2)CC1. The summed E-state index contributed by atoms with van der Waals surface area (Å²) >= 11 is 0. The zero-order valence-corrected chi connectivity index (χ0v) is 8.31. The van der Waals surface area contributed by atoms with Crippen LogP contribution in [0.15, 0.2) is 0 Å². The summed E-state index contributed by atoms with van der Waals surface area (Å²) < 4.78 is 0. The highest BCUT2D eigenvalue weighted by Gasteiger charge is 2.21. The number of nitrogens with one attached hydrogen (secondary N) is 2. The molecule has 15 heavy (non-hydrogen) atoms. The van der Waals surface area contributed by atoms with Crippen LogP contribution in [0.2, 0.25) is 0 Å². The molecule has 7 heteroatoms. The molecular formula is C8H14N6O. The number of aromatic nitrogens is 4. The minimum Gasteiger partial charge on any atom is -0.346 e. The van der Waals surface area contributed by atoms with Gasteiger partial charge in [0.15, 0.2) is 0 Å². The number of H-pyrrole nitrogens is 1. The summed E-state index contributed by atoms with van der Waals surface area (Å²) in [5.41, 5.74) is 5.77. The largest absolute Gasteiger partial charge is 0.346 e. The molecule has 1 aliphatic rings. The van der Waals surface area contributed by atoms with Gasteiger partial charge in [-0.05, 0) is 30.9 Å². The lowest BCUT2D eigenvalue weighted by Crippen LogP contribution is -2.40. The van der Waals surface area contributed by atoms with Crippen molar-refractivity contribution in [1.29, 1.82) is 0 Å². The van der Waals surface area contributed by atoms with E-state index in [4.69, 9.17) is 5.73 Å². The first-order valence-corrected chi connectivity index (χ1v) is 5.05. The smallest absolute Gasteiger partial charge is 0.293 e. The van der Waals surface area contributed by atoms with Crippen LogP contribution in [-0.4, -0.2) is 38.6 Å². The average Bonchev–Trinajstić information content (AvgIpc) is 2.74. The molecule has 1 aliphatic carbocycles. The molecule has 0 spiro atoms. The number of hydrogen-bond acceptors (Lipinski definition) is 5. The maximum Gasteiger partial charge on any atom is 0.293 e. The third-order valence-corrected chi connectivity index (χ3v) is 2.66. The number of rotatable bonds is 2. The standard InChI is InChI=1S/C8H14N6O/c9-5-1-3-6(4-2-5)10-8(15)7-11-13-14-12-7/h5-6H,1-4,9H2,(H,10,15)(H,11,12,13,14). The van der Waals surface area contributed by atoms with Crippen molar-refractivity contribution < 1.29 is 4.79 Å². The molecule has 0 bridgehead atoms. The highest BCUT2D eigenvalue weighted by molar-refractivity contribution is 5.90. The van der Waals surface area contributed by atoms with Crippen molar-refractivity contribution in [2.24, 2.45) is 5.73 Å². The maximum absolute atomic E-state index is 11.5. The van der Waals surface area contributed by atoms with Crippen molar-refractivity contribution in [2.75, 3.05) is 0 Å². The van der Waals surface area contributed by atoms with Gasteiger partial charge in [0.25, 0.3) is 11.7 Å². The fourth-order valence-electron chi connectivity index (χ4n) is 1.77.